The SMILES string of the molecule is COCCOc1ccc(C(F)(F)F)cc1NC(=O)COc1ccc(I)cc1. The van der Waals surface area contributed by atoms with E-state index < -0.39 is 17.6 Å². The van der Waals surface area contributed by atoms with Crippen molar-refractivity contribution in [2.75, 3.05) is 32.2 Å². The van der Waals surface area contributed by atoms with Crippen molar-refractivity contribution in [1.82, 2.24) is 0 Å². The minimum atomic E-state index is -4.54. The van der Waals surface area contributed by atoms with Crippen LogP contribution in [0.15, 0.2) is 42.5 Å². The second-order valence-corrected chi connectivity index (χ2v) is 6.59. The van der Waals surface area contributed by atoms with Crippen LogP contribution < -0.4 is 14.8 Å². The number of hydrogen-bond acceptors (Lipinski definition) is 4. The molecule has 0 saturated carbocycles. The van der Waals surface area contributed by atoms with E-state index >= 15 is 0 Å². The molecule has 0 aliphatic rings. The molecule has 0 unspecified atom stereocenters. The molecule has 27 heavy (non-hydrogen) atoms. The van der Waals surface area contributed by atoms with Gasteiger partial charge in [0, 0.05) is 10.7 Å². The van der Waals surface area contributed by atoms with Crippen LogP contribution in [-0.4, -0.2) is 32.8 Å². The summed E-state index contributed by atoms with van der Waals surface area (Å²) in [5.41, 5.74) is -0.979. The van der Waals surface area contributed by atoms with Crippen LogP contribution in [0, 0.1) is 3.57 Å². The van der Waals surface area contributed by atoms with Gasteiger partial charge in [0.2, 0.25) is 0 Å². The predicted molar refractivity (Wildman–Crippen MR) is 102 cm³/mol. The normalized spacial score (nSPS) is 11.1. The van der Waals surface area contributed by atoms with E-state index in [2.05, 4.69) is 27.9 Å². The van der Waals surface area contributed by atoms with E-state index in [-0.39, 0.29) is 31.3 Å². The Kier molecular flexibility index (Phi) is 7.72. The molecule has 5 nitrogen and oxygen atoms in total. The van der Waals surface area contributed by atoms with Crippen LogP contribution in [0.1, 0.15) is 5.56 Å². The minimum absolute atomic E-state index is 0.0860. The van der Waals surface area contributed by atoms with Crippen LogP contribution in [0.4, 0.5) is 18.9 Å². The molecule has 1 N–H and O–H groups in total. The molecule has 0 aliphatic carbocycles. The third-order valence-electron chi connectivity index (χ3n) is 3.31. The van der Waals surface area contributed by atoms with E-state index in [1.54, 1.807) is 12.1 Å². The quantitative estimate of drug-likeness (QED) is 0.437. The summed E-state index contributed by atoms with van der Waals surface area (Å²) in [5, 5.41) is 2.40. The lowest BCUT2D eigenvalue weighted by Gasteiger charge is -2.15. The number of hydrogen-bond donors (Lipinski definition) is 1. The molecule has 9 heteroatoms. The monoisotopic (exact) mass is 495 g/mol. The van der Waals surface area contributed by atoms with Crippen molar-refractivity contribution in [2.24, 2.45) is 0 Å². The lowest BCUT2D eigenvalue weighted by molar-refractivity contribution is -0.137. The number of halogens is 4. The Morgan fingerprint density at radius 2 is 1.78 bits per heavy atom. The maximum absolute atomic E-state index is 12.9. The van der Waals surface area contributed by atoms with Gasteiger partial charge < -0.3 is 19.5 Å². The van der Waals surface area contributed by atoms with Gasteiger partial charge in [0.25, 0.3) is 5.91 Å². The van der Waals surface area contributed by atoms with Gasteiger partial charge in [-0.15, -0.1) is 0 Å². The van der Waals surface area contributed by atoms with Crippen LogP contribution >= 0.6 is 22.6 Å². The minimum Gasteiger partial charge on any atom is -0.489 e. The molecule has 2 aromatic carbocycles. The lowest BCUT2D eigenvalue weighted by atomic mass is 10.1. The maximum atomic E-state index is 12.9. The van der Waals surface area contributed by atoms with Crippen LogP contribution in [0.25, 0.3) is 0 Å². The second-order valence-electron chi connectivity index (χ2n) is 5.34. The molecule has 1 amide bonds. The highest BCUT2D eigenvalue weighted by Gasteiger charge is 2.31. The summed E-state index contributed by atoms with van der Waals surface area (Å²) in [5.74, 6) is -0.0155. The molecule has 0 spiro atoms. The number of carbonyl (C=O) groups is 1. The van der Waals surface area contributed by atoms with E-state index in [9.17, 15) is 18.0 Å². The Morgan fingerprint density at radius 1 is 1.07 bits per heavy atom. The van der Waals surface area contributed by atoms with Crippen molar-refractivity contribution >= 4 is 34.2 Å². The van der Waals surface area contributed by atoms with Crippen molar-refractivity contribution in [3.63, 3.8) is 0 Å². The molecule has 0 aliphatic heterocycles. The summed E-state index contributed by atoms with van der Waals surface area (Å²) in [6.45, 7) is 0.0303. The number of ether oxygens (including phenoxy) is 3. The summed E-state index contributed by atoms with van der Waals surface area (Å²) in [6, 6.07) is 9.88. The van der Waals surface area contributed by atoms with Crippen molar-refractivity contribution in [3.05, 3.63) is 51.6 Å². The van der Waals surface area contributed by atoms with E-state index in [0.717, 1.165) is 21.8 Å². The van der Waals surface area contributed by atoms with Gasteiger partial charge in [-0.1, -0.05) is 0 Å². The first-order valence-corrected chi connectivity index (χ1v) is 8.88. The van der Waals surface area contributed by atoms with Crippen molar-refractivity contribution in [1.29, 1.82) is 0 Å². The molecule has 0 radical (unpaired) electrons. The van der Waals surface area contributed by atoms with Gasteiger partial charge in [-0.3, -0.25) is 4.79 Å². The number of alkyl halides is 3. The first-order valence-electron chi connectivity index (χ1n) is 7.81. The number of amides is 1. The molecule has 146 valence electrons. The van der Waals surface area contributed by atoms with E-state index in [1.807, 2.05) is 12.1 Å². The van der Waals surface area contributed by atoms with Crippen molar-refractivity contribution < 1.29 is 32.2 Å². The van der Waals surface area contributed by atoms with Gasteiger partial charge >= 0.3 is 6.18 Å². The third kappa shape index (κ3) is 6.90. The average Bonchev–Trinajstić information content (AvgIpc) is 2.62. The number of nitrogens with one attached hydrogen (secondary N) is 1. The molecule has 0 fully saturated rings. The Morgan fingerprint density at radius 3 is 2.41 bits per heavy atom. The Hall–Kier alpha value is -2.01. The van der Waals surface area contributed by atoms with Gasteiger partial charge in [-0.05, 0) is 65.1 Å². The first kappa shape index (κ1) is 21.3. The zero-order chi connectivity index (χ0) is 19.9. The lowest BCUT2D eigenvalue weighted by Crippen LogP contribution is -2.21. The van der Waals surface area contributed by atoms with Crippen LogP contribution in [-0.2, 0) is 15.7 Å². The highest BCUT2D eigenvalue weighted by atomic mass is 127. The predicted octanol–water partition coefficient (Wildman–Crippen LogP) is 4.35. The number of carbonyl (C=O) groups excluding carboxylic acids is 1. The van der Waals surface area contributed by atoms with Crippen LogP contribution in [0.2, 0.25) is 0 Å². The second kappa shape index (κ2) is 9.79. The molecule has 0 bridgehead atoms. The maximum Gasteiger partial charge on any atom is 0.416 e. The molecule has 2 rings (SSSR count). The largest absolute Gasteiger partial charge is 0.489 e. The summed E-state index contributed by atoms with van der Waals surface area (Å²) >= 11 is 2.13. The fourth-order valence-corrected chi connectivity index (χ4v) is 2.39. The van der Waals surface area contributed by atoms with Gasteiger partial charge in [-0.25, -0.2) is 0 Å². The zero-order valence-corrected chi connectivity index (χ0v) is 16.5. The Labute approximate surface area is 167 Å². The highest BCUT2D eigenvalue weighted by molar-refractivity contribution is 14.1. The van der Waals surface area contributed by atoms with Crippen molar-refractivity contribution in [3.8, 4) is 11.5 Å². The average molecular weight is 495 g/mol. The molecular weight excluding hydrogens is 478 g/mol. The molecule has 0 aromatic heterocycles. The van der Waals surface area contributed by atoms with Gasteiger partial charge in [0.1, 0.15) is 18.1 Å². The number of rotatable bonds is 8. The molecule has 2 aromatic rings. The van der Waals surface area contributed by atoms with Gasteiger partial charge in [-0.2, -0.15) is 13.2 Å². The number of methoxy groups -OCH3 is 1. The molecule has 0 atom stereocenters. The van der Waals surface area contributed by atoms with E-state index in [4.69, 9.17) is 14.2 Å². The number of anilines is 1. The van der Waals surface area contributed by atoms with Gasteiger partial charge in [0.15, 0.2) is 6.61 Å². The number of benzene rings is 2. The molecule has 0 heterocycles. The highest BCUT2D eigenvalue weighted by Crippen LogP contribution is 2.35. The topological polar surface area (TPSA) is 56.8 Å². The fraction of sp³-hybridized carbons (Fsp3) is 0.278. The zero-order valence-electron chi connectivity index (χ0n) is 14.3. The summed E-state index contributed by atoms with van der Waals surface area (Å²) < 4.78 is 55.4. The van der Waals surface area contributed by atoms with E-state index in [0.29, 0.717) is 5.75 Å². The van der Waals surface area contributed by atoms with Crippen molar-refractivity contribution in [2.45, 2.75) is 6.18 Å². The smallest absolute Gasteiger partial charge is 0.416 e. The van der Waals surface area contributed by atoms with Crippen LogP contribution in [0.5, 0.6) is 11.5 Å². The molecular formula is C18H17F3INO4. The fourth-order valence-electron chi connectivity index (χ4n) is 2.03. The molecule has 0 saturated heterocycles. The van der Waals surface area contributed by atoms with Crippen LogP contribution in [0.3, 0.4) is 0 Å². The standard InChI is InChI=1S/C18H17F3INO4/c1-25-8-9-26-16-7-2-12(18(19,20)21)10-15(16)23-17(24)11-27-14-5-3-13(22)4-6-14/h2-7,10H,8-9,11H2,1H3,(H,23,24). The Bertz CT molecular complexity index is 766. The first-order chi connectivity index (χ1) is 12.8. The summed E-state index contributed by atoms with van der Waals surface area (Å²) in [7, 11) is 1.47. The van der Waals surface area contributed by atoms with Gasteiger partial charge in [0.05, 0.1) is 17.9 Å². The summed E-state index contributed by atoms with van der Waals surface area (Å²) in [4.78, 5) is 12.1. The van der Waals surface area contributed by atoms with E-state index in [1.165, 1.54) is 7.11 Å². The summed E-state index contributed by atoms with van der Waals surface area (Å²) in [6.07, 6.45) is -4.54. The Balaban J connectivity index is 2.08. The third-order valence-corrected chi connectivity index (χ3v) is 4.03.